The SMILES string of the molecule is CCO[Si](CCCCCCCCC(C)OC(C)=O)(OCC)OCC. The summed E-state index contributed by atoms with van der Waals surface area (Å²) in [6.07, 6.45) is 8.01. The predicted molar refractivity (Wildman–Crippen MR) is 99.0 cm³/mol. The first-order chi connectivity index (χ1) is 11.5. The Bertz CT molecular complexity index is 295. The van der Waals surface area contributed by atoms with E-state index < -0.39 is 8.80 Å². The number of rotatable bonds is 16. The van der Waals surface area contributed by atoms with Gasteiger partial charge < -0.3 is 18.0 Å². The Morgan fingerprint density at radius 2 is 1.29 bits per heavy atom. The Morgan fingerprint density at radius 3 is 1.75 bits per heavy atom. The van der Waals surface area contributed by atoms with Crippen LogP contribution in [-0.4, -0.2) is 40.7 Å². The monoisotopic (exact) mass is 362 g/mol. The Morgan fingerprint density at radius 1 is 0.833 bits per heavy atom. The minimum atomic E-state index is -2.45. The fraction of sp³-hybridized carbons (Fsp3) is 0.944. The van der Waals surface area contributed by atoms with Gasteiger partial charge in [-0.2, -0.15) is 0 Å². The maximum Gasteiger partial charge on any atom is 0.500 e. The Labute approximate surface area is 149 Å². The van der Waals surface area contributed by atoms with Gasteiger partial charge in [-0.1, -0.05) is 25.7 Å². The molecule has 0 saturated heterocycles. The van der Waals surface area contributed by atoms with Crippen LogP contribution in [0.3, 0.4) is 0 Å². The molecule has 0 amide bonds. The van der Waals surface area contributed by atoms with E-state index in [-0.39, 0.29) is 12.1 Å². The molecule has 5 nitrogen and oxygen atoms in total. The molecule has 6 heteroatoms. The van der Waals surface area contributed by atoms with Gasteiger partial charge in [-0.3, -0.25) is 4.79 Å². The van der Waals surface area contributed by atoms with Gasteiger partial charge in [0.2, 0.25) is 0 Å². The molecule has 0 aliphatic carbocycles. The fourth-order valence-electron chi connectivity index (χ4n) is 2.82. The summed E-state index contributed by atoms with van der Waals surface area (Å²) in [5, 5.41) is 0. The summed E-state index contributed by atoms with van der Waals surface area (Å²) in [7, 11) is -2.45. The lowest BCUT2D eigenvalue weighted by Gasteiger charge is -2.28. The molecular weight excluding hydrogens is 324 g/mol. The molecule has 1 unspecified atom stereocenters. The molecule has 0 aliphatic heterocycles. The number of carbonyl (C=O) groups excluding carboxylic acids is 1. The van der Waals surface area contributed by atoms with Gasteiger partial charge in [-0.05, 0) is 47.0 Å². The molecule has 0 saturated carbocycles. The smallest absolute Gasteiger partial charge is 0.463 e. The molecule has 0 spiro atoms. The maximum atomic E-state index is 10.8. The van der Waals surface area contributed by atoms with Gasteiger partial charge in [0.1, 0.15) is 0 Å². The van der Waals surface area contributed by atoms with Crippen molar-refractivity contribution in [2.45, 2.75) is 91.7 Å². The Balaban J connectivity index is 3.79. The van der Waals surface area contributed by atoms with Gasteiger partial charge >= 0.3 is 14.8 Å². The number of unbranched alkanes of at least 4 members (excludes halogenated alkanes) is 5. The molecule has 0 aromatic rings. The highest BCUT2D eigenvalue weighted by molar-refractivity contribution is 6.60. The Kier molecular flexibility index (Phi) is 14.6. The van der Waals surface area contributed by atoms with E-state index in [0.717, 1.165) is 25.3 Å². The number of esters is 1. The molecule has 0 aliphatic rings. The third kappa shape index (κ3) is 12.0. The van der Waals surface area contributed by atoms with Crippen LogP contribution >= 0.6 is 0 Å². The van der Waals surface area contributed by atoms with Gasteiger partial charge in [-0.25, -0.2) is 0 Å². The second-order valence-corrected chi connectivity index (χ2v) is 8.79. The fourth-order valence-corrected chi connectivity index (χ4v) is 5.51. The van der Waals surface area contributed by atoms with Crippen LogP contribution in [0.4, 0.5) is 0 Å². The molecular formula is C18H38O5Si. The summed E-state index contributed by atoms with van der Waals surface area (Å²) in [5.74, 6) is -0.187. The molecule has 144 valence electrons. The molecule has 24 heavy (non-hydrogen) atoms. The maximum absolute atomic E-state index is 10.8. The second kappa shape index (κ2) is 14.9. The molecule has 0 rings (SSSR count). The van der Waals surface area contributed by atoms with Gasteiger partial charge in [0.25, 0.3) is 0 Å². The zero-order valence-electron chi connectivity index (χ0n) is 16.4. The lowest BCUT2D eigenvalue weighted by molar-refractivity contribution is -0.145. The quantitative estimate of drug-likeness (QED) is 0.226. The van der Waals surface area contributed by atoms with Gasteiger partial charge in [0.15, 0.2) is 0 Å². The zero-order chi connectivity index (χ0) is 18.3. The number of ether oxygens (including phenoxy) is 1. The number of carbonyl (C=O) groups is 1. The minimum Gasteiger partial charge on any atom is -0.463 e. The first-order valence-electron chi connectivity index (χ1n) is 9.58. The van der Waals surface area contributed by atoms with Crippen LogP contribution < -0.4 is 0 Å². The van der Waals surface area contributed by atoms with Crippen LogP contribution in [0, 0.1) is 0 Å². The van der Waals surface area contributed by atoms with Crippen molar-refractivity contribution in [2.24, 2.45) is 0 Å². The zero-order valence-corrected chi connectivity index (χ0v) is 17.4. The molecule has 0 bridgehead atoms. The second-order valence-electron chi connectivity index (χ2n) is 6.06. The van der Waals surface area contributed by atoms with Crippen molar-refractivity contribution in [1.29, 1.82) is 0 Å². The standard InChI is InChI=1S/C18H38O5Si/c1-6-20-24(21-7-2,22-8-3)16-14-12-10-9-11-13-15-17(4)23-18(5)19/h17H,6-16H2,1-5H3. The predicted octanol–water partition coefficient (Wildman–Crippen LogP) is 4.72. The van der Waals surface area contributed by atoms with Crippen LogP contribution in [0.1, 0.15) is 79.6 Å². The topological polar surface area (TPSA) is 54.0 Å². The summed E-state index contributed by atoms with van der Waals surface area (Å²) in [6, 6.07) is 0.909. The van der Waals surface area contributed by atoms with E-state index in [0.29, 0.717) is 19.8 Å². The van der Waals surface area contributed by atoms with E-state index in [1.165, 1.54) is 32.6 Å². The van der Waals surface area contributed by atoms with E-state index in [1.807, 2.05) is 27.7 Å². The lowest BCUT2D eigenvalue weighted by atomic mass is 10.1. The van der Waals surface area contributed by atoms with Crippen molar-refractivity contribution < 1.29 is 22.8 Å². The third-order valence-corrected chi connectivity index (χ3v) is 6.95. The summed E-state index contributed by atoms with van der Waals surface area (Å²) in [4.78, 5) is 10.8. The third-order valence-electron chi connectivity index (χ3n) is 3.80. The summed E-state index contributed by atoms with van der Waals surface area (Å²) in [6.45, 7) is 11.4. The summed E-state index contributed by atoms with van der Waals surface area (Å²) < 4.78 is 22.7. The van der Waals surface area contributed by atoms with E-state index in [2.05, 4.69) is 0 Å². The summed E-state index contributed by atoms with van der Waals surface area (Å²) >= 11 is 0. The molecule has 0 aromatic heterocycles. The molecule has 0 fully saturated rings. The van der Waals surface area contributed by atoms with Crippen molar-refractivity contribution in [3.8, 4) is 0 Å². The highest BCUT2D eigenvalue weighted by atomic mass is 28.4. The van der Waals surface area contributed by atoms with Crippen LogP contribution in [0.15, 0.2) is 0 Å². The van der Waals surface area contributed by atoms with E-state index >= 15 is 0 Å². The molecule has 0 aromatic carbocycles. The van der Waals surface area contributed by atoms with Crippen molar-refractivity contribution in [3.05, 3.63) is 0 Å². The number of hydrogen-bond donors (Lipinski definition) is 0. The van der Waals surface area contributed by atoms with Gasteiger partial charge in [0.05, 0.1) is 6.10 Å². The van der Waals surface area contributed by atoms with E-state index in [1.54, 1.807) is 0 Å². The first kappa shape index (κ1) is 23.6. The van der Waals surface area contributed by atoms with Gasteiger partial charge in [0, 0.05) is 32.8 Å². The van der Waals surface area contributed by atoms with E-state index in [9.17, 15) is 4.79 Å². The number of hydrogen-bond acceptors (Lipinski definition) is 5. The van der Waals surface area contributed by atoms with Crippen LogP contribution in [-0.2, 0) is 22.8 Å². The van der Waals surface area contributed by atoms with Crippen molar-refractivity contribution in [3.63, 3.8) is 0 Å². The van der Waals surface area contributed by atoms with Crippen LogP contribution in [0.2, 0.25) is 6.04 Å². The molecule has 0 heterocycles. The summed E-state index contributed by atoms with van der Waals surface area (Å²) in [5.41, 5.74) is 0. The Hall–Kier alpha value is -0.433. The normalized spacial score (nSPS) is 13.0. The molecule has 0 radical (unpaired) electrons. The highest BCUT2D eigenvalue weighted by Crippen LogP contribution is 2.21. The minimum absolute atomic E-state index is 0.0395. The first-order valence-corrected chi connectivity index (χ1v) is 11.5. The van der Waals surface area contributed by atoms with Crippen molar-refractivity contribution >= 4 is 14.8 Å². The average Bonchev–Trinajstić information content (AvgIpc) is 2.50. The van der Waals surface area contributed by atoms with Crippen LogP contribution in [0.25, 0.3) is 0 Å². The highest BCUT2D eigenvalue weighted by Gasteiger charge is 2.39. The molecule has 1 atom stereocenters. The van der Waals surface area contributed by atoms with E-state index in [4.69, 9.17) is 18.0 Å². The van der Waals surface area contributed by atoms with Crippen molar-refractivity contribution in [2.75, 3.05) is 19.8 Å². The average molecular weight is 363 g/mol. The lowest BCUT2D eigenvalue weighted by Crippen LogP contribution is -2.45. The van der Waals surface area contributed by atoms with Gasteiger partial charge in [-0.15, -0.1) is 0 Å². The van der Waals surface area contributed by atoms with Crippen molar-refractivity contribution in [1.82, 2.24) is 0 Å². The molecule has 0 N–H and O–H groups in total. The van der Waals surface area contributed by atoms with Crippen LogP contribution in [0.5, 0.6) is 0 Å². The largest absolute Gasteiger partial charge is 0.500 e.